The molecule has 0 aliphatic carbocycles. The molecule has 210 valence electrons. The molecular formula is C27H29N5O7S. The van der Waals surface area contributed by atoms with Crippen LogP contribution >= 0.6 is 0 Å². The molecule has 13 heteroatoms. The SMILES string of the molecule is COc1ccccc1N(CC(=O)N/N=C\c1cc([N+](=O)[O-])ccc1N1CCOCC1)S(=O)(=O)c1ccc(C)cc1. The first-order valence-electron chi connectivity index (χ1n) is 12.4. The summed E-state index contributed by atoms with van der Waals surface area (Å²) in [4.78, 5) is 25.8. The van der Waals surface area contributed by atoms with Crippen LogP contribution in [0.1, 0.15) is 11.1 Å². The number of amides is 1. The Morgan fingerprint density at radius 1 is 1.15 bits per heavy atom. The van der Waals surface area contributed by atoms with Gasteiger partial charge in [0.15, 0.2) is 0 Å². The molecule has 1 fully saturated rings. The van der Waals surface area contributed by atoms with Crippen LogP contribution in [0.25, 0.3) is 0 Å². The Labute approximate surface area is 232 Å². The van der Waals surface area contributed by atoms with Gasteiger partial charge < -0.3 is 14.4 Å². The molecule has 1 heterocycles. The van der Waals surface area contributed by atoms with Crippen molar-refractivity contribution in [3.8, 4) is 5.75 Å². The fourth-order valence-corrected chi connectivity index (χ4v) is 5.60. The zero-order valence-electron chi connectivity index (χ0n) is 22.0. The molecule has 0 aromatic heterocycles. The van der Waals surface area contributed by atoms with Gasteiger partial charge >= 0.3 is 0 Å². The molecule has 1 saturated heterocycles. The predicted molar refractivity (Wildman–Crippen MR) is 151 cm³/mol. The monoisotopic (exact) mass is 567 g/mol. The smallest absolute Gasteiger partial charge is 0.270 e. The minimum absolute atomic E-state index is 0.00653. The summed E-state index contributed by atoms with van der Waals surface area (Å²) in [5, 5.41) is 15.3. The summed E-state index contributed by atoms with van der Waals surface area (Å²) in [5.74, 6) is -0.461. The van der Waals surface area contributed by atoms with Crippen molar-refractivity contribution in [1.82, 2.24) is 5.43 Å². The number of benzene rings is 3. The van der Waals surface area contributed by atoms with Crippen molar-refractivity contribution < 1.29 is 27.6 Å². The Morgan fingerprint density at radius 3 is 2.52 bits per heavy atom. The second-order valence-electron chi connectivity index (χ2n) is 8.89. The van der Waals surface area contributed by atoms with E-state index in [9.17, 15) is 23.3 Å². The van der Waals surface area contributed by atoms with E-state index in [4.69, 9.17) is 9.47 Å². The number of methoxy groups -OCH3 is 1. The van der Waals surface area contributed by atoms with Gasteiger partial charge in [-0.15, -0.1) is 0 Å². The number of sulfonamides is 1. The zero-order valence-corrected chi connectivity index (χ0v) is 22.8. The van der Waals surface area contributed by atoms with E-state index >= 15 is 0 Å². The largest absolute Gasteiger partial charge is 0.495 e. The molecule has 0 spiro atoms. The van der Waals surface area contributed by atoms with Crippen molar-refractivity contribution in [3.05, 3.63) is 88.0 Å². The summed E-state index contributed by atoms with van der Waals surface area (Å²) in [6, 6.07) is 17.1. The molecule has 12 nitrogen and oxygen atoms in total. The van der Waals surface area contributed by atoms with Crippen LogP contribution in [-0.4, -0.2) is 65.4 Å². The van der Waals surface area contributed by atoms with Gasteiger partial charge in [0.1, 0.15) is 12.3 Å². The fraction of sp³-hybridized carbons (Fsp3) is 0.259. The third-order valence-corrected chi connectivity index (χ3v) is 7.99. The summed E-state index contributed by atoms with van der Waals surface area (Å²) in [6.45, 7) is 3.45. The Morgan fingerprint density at radius 2 is 1.85 bits per heavy atom. The normalized spacial score (nSPS) is 13.7. The van der Waals surface area contributed by atoms with Gasteiger partial charge in [0.25, 0.3) is 21.6 Å². The van der Waals surface area contributed by atoms with E-state index in [0.717, 1.165) is 9.87 Å². The van der Waals surface area contributed by atoms with Crippen LogP contribution in [0.2, 0.25) is 0 Å². The van der Waals surface area contributed by atoms with Gasteiger partial charge in [-0.2, -0.15) is 5.10 Å². The van der Waals surface area contributed by atoms with Crippen molar-refractivity contribution in [2.24, 2.45) is 5.10 Å². The Bertz CT molecular complexity index is 1500. The first-order chi connectivity index (χ1) is 19.2. The molecule has 0 unspecified atom stereocenters. The molecule has 1 amide bonds. The summed E-state index contributed by atoms with van der Waals surface area (Å²) in [5.41, 5.74) is 4.40. The Balaban J connectivity index is 1.60. The van der Waals surface area contributed by atoms with E-state index in [1.54, 1.807) is 42.5 Å². The van der Waals surface area contributed by atoms with E-state index in [1.807, 2.05) is 11.8 Å². The van der Waals surface area contributed by atoms with Gasteiger partial charge in [0.2, 0.25) is 0 Å². The lowest BCUT2D eigenvalue weighted by Crippen LogP contribution is -2.39. The highest BCUT2D eigenvalue weighted by Crippen LogP contribution is 2.32. The number of para-hydroxylation sites is 2. The van der Waals surface area contributed by atoms with Crippen molar-refractivity contribution in [2.75, 3.05) is 49.2 Å². The lowest BCUT2D eigenvalue weighted by molar-refractivity contribution is -0.384. The topological polar surface area (TPSA) is 144 Å². The average molecular weight is 568 g/mol. The van der Waals surface area contributed by atoms with Crippen molar-refractivity contribution in [3.63, 3.8) is 0 Å². The van der Waals surface area contributed by atoms with E-state index in [-0.39, 0.29) is 22.0 Å². The number of hydrogen-bond acceptors (Lipinski definition) is 9. The number of nitro benzene ring substituents is 1. The van der Waals surface area contributed by atoms with E-state index < -0.39 is 27.4 Å². The van der Waals surface area contributed by atoms with Crippen LogP contribution in [0, 0.1) is 17.0 Å². The summed E-state index contributed by atoms with van der Waals surface area (Å²) in [7, 11) is -2.76. The molecular weight excluding hydrogens is 538 g/mol. The van der Waals surface area contributed by atoms with Crippen LogP contribution < -0.4 is 19.4 Å². The van der Waals surface area contributed by atoms with E-state index in [1.165, 1.54) is 37.6 Å². The second kappa shape index (κ2) is 12.6. The summed E-state index contributed by atoms with van der Waals surface area (Å²) >= 11 is 0. The van der Waals surface area contributed by atoms with E-state index in [2.05, 4.69) is 10.5 Å². The quantitative estimate of drug-likeness (QED) is 0.224. The van der Waals surface area contributed by atoms with Gasteiger partial charge in [0.05, 0.1) is 42.0 Å². The Hall–Kier alpha value is -4.49. The minimum atomic E-state index is -4.16. The molecule has 1 aliphatic rings. The number of non-ortho nitro benzene ring substituents is 1. The van der Waals surface area contributed by atoms with Crippen LogP contribution in [-0.2, 0) is 19.6 Å². The molecule has 0 atom stereocenters. The number of hydrazone groups is 1. The number of nitrogens with zero attached hydrogens (tertiary/aromatic N) is 4. The molecule has 40 heavy (non-hydrogen) atoms. The molecule has 1 N–H and O–H groups in total. The van der Waals surface area contributed by atoms with Crippen molar-refractivity contribution in [1.29, 1.82) is 0 Å². The maximum atomic E-state index is 13.6. The van der Waals surface area contributed by atoms with E-state index in [0.29, 0.717) is 37.6 Å². The predicted octanol–water partition coefficient (Wildman–Crippen LogP) is 3.09. The number of nitro groups is 1. The van der Waals surface area contributed by atoms with Gasteiger partial charge in [-0.3, -0.25) is 19.2 Å². The highest BCUT2D eigenvalue weighted by Gasteiger charge is 2.29. The maximum absolute atomic E-state index is 13.6. The standard InChI is InChI=1S/C27H29N5O7S/c1-20-7-10-23(11-8-20)40(36,37)31(25-5-3-4-6-26(25)38-2)19-27(33)29-28-18-21-17-22(32(34)35)9-12-24(21)30-13-15-39-16-14-30/h3-12,17-18H,13-16,19H2,1-2H3,(H,29,33)/b28-18-. The zero-order chi connectivity index (χ0) is 28.7. The highest BCUT2D eigenvalue weighted by molar-refractivity contribution is 7.92. The van der Waals surface area contributed by atoms with Crippen molar-refractivity contribution >= 4 is 39.2 Å². The number of carbonyl (C=O) groups is 1. The van der Waals surface area contributed by atoms with Crippen molar-refractivity contribution in [2.45, 2.75) is 11.8 Å². The number of rotatable bonds is 10. The highest BCUT2D eigenvalue weighted by atomic mass is 32.2. The fourth-order valence-electron chi connectivity index (χ4n) is 4.16. The number of carbonyl (C=O) groups excluding carboxylic acids is 1. The maximum Gasteiger partial charge on any atom is 0.270 e. The van der Waals surface area contributed by atoms with Crippen LogP contribution in [0.4, 0.5) is 17.1 Å². The first-order valence-corrected chi connectivity index (χ1v) is 13.8. The lowest BCUT2D eigenvalue weighted by Gasteiger charge is -2.29. The third kappa shape index (κ3) is 6.55. The molecule has 4 rings (SSSR count). The number of anilines is 2. The second-order valence-corrected chi connectivity index (χ2v) is 10.8. The van der Waals surface area contributed by atoms with Gasteiger partial charge in [-0.05, 0) is 37.3 Å². The van der Waals surface area contributed by atoms with Gasteiger partial charge in [0, 0.05) is 36.5 Å². The lowest BCUT2D eigenvalue weighted by atomic mass is 10.1. The summed E-state index contributed by atoms with van der Waals surface area (Å²) < 4.78 is 39.0. The number of nitrogens with one attached hydrogen (secondary N) is 1. The third-order valence-electron chi connectivity index (χ3n) is 6.22. The Kier molecular flexibility index (Phi) is 8.97. The van der Waals surface area contributed by atoms with Gasteiger partial charge in [-0.25, -0.2) is 13.8 Å². The first kappa shape index (κ1) is 28.5. The molecule has 3 aromatic carbocycles. The number of ether oxygens (including phenoxy) is 2. The molecule has 3 aromatic rings. The van der Waals surface area contributed by atoms with Crippen LogP contribution in [0.3, 0.4) is 0 Å². The molecule has 0 radical (unpaired) electrons. The summed E-state index contributed by atoms with van der Waals surface area (Å²) in [6.07, 6.45) is 1.30. The number of hydrogen-bond donors (Lipinski definition) is 1. The minimum Gasteiger partial charge on any atom is -0.495 e. The molecule has 1 aliphatic heterocycles. The number of morpholine rings is 1. The average Bonchev–Trinajstić information content (AvgIpc) is 2.96. The number of aryl methyl sites for hydroxylation is 1. The molecule has 0 saturated carbocycles. The molecule has 0 bridgehead atoms. The van der Waals surface area contributed by atoms with Crippen LogP contribution in [0.5, 0.6) is 5.75 Å². The van der Waals surface area contributed by atoms with Crippen LogP contribution in [0.15, 0.2) is 76.7 Å². The van der Waals surface area contributed by atoms with Gasteiger partial charge in [-0.1, -0.05) is 29.8 Å².